The van der Waals surface area contributed by atoms with Crippen LogP contribution in [0, 0.1) is 5.92 Å². The molecule has 0 aliphatic heterocycles. The third-order valence-electron chi connectivity index (χ3n) is 2.93. The lowest BCUT2D eigenvalue weighted by atomic mass is 9.92. The minimum absolute atomic E-state index is 0.167. The van der Waals surface area contributed by atoms with Crippen molar-refractivity contribution >= 4 is 11.9 Å². The zero-order valence-corrected chi connectivity index (χ0v) is 10.4. The first-order valence-electron chi connectivity index (χ1n) is 5.61. The van der Waals surface area contributed by atoms with Crippen molar-refractivity contribution in [1.82, 2.24) is 5.32 Å². The standard InChI is InChI=1S/C11H22N2O3/c1-5-11(12,6-2)10(16)13-8(7(3)4)9(14)15/h7-8H,5-6,12H2,1-4H3,(H,13,16)(H,14,15)/t8-/m0/s1. The van der Waals surface area contributed by atoms with Gasteiger partial charge in [-0.15, -0.1) is 0 Å². The van der Waals surface area contributed by atoms with Crippen molar-refractivity contribution in [1.29, 1.82) is 0 Å². The number of nitrogens with one attached hydrogen (secondary N) is 1. The lowest BCUT2D eigenvalue weighted by molar-refractivity contribution is -0.144. The predicted octanol–water partition coefficient (Wildman–Crippen LogP) is 0.729. The number of hydrogen-bond acceptors (Lipinski definition) is 3. The van der Waals surface area contributed by atoms with Crippen LogP contribution in [0.3, 0.4) is 0 Å². The molecule has 0 aliphatic carbocycles. The first-order valence-corrected chi connectivity index (χ1v) is 5.61. The highest BCUT2D eigenvalue weighted by Gasteiger charge is 2.33. The van der Waals surface area contributed by atoms with Crippen molar-refractivity contribution in [2.24, 2.45) is 11.7 Å². The summed E-state index contributed by atoms with van der Waals surface area (Å²) in [5, 5.41) is 11.4. The molecule has 0 radical (unpaired) electrons. The van der Waals surface area contributed by atoms with Crippen LogP contribution in [0.5, 0.6) is 0 Å². The molecule has 0 heterocycles. The van der Waals surface area contributed by atoms with Crippen LogP contribution in [0.2, 0.25) is 0 Å². The summed E-state index contributed by atoms with van der Waals surface area (Å²) < 4.78 is 0. The Morgan fingerprint density at radius 1 is 1.31 bits per heavy atom. The highest BCUT2D eigenvalue weighted by molar-refractivity contribution is 5.89. The molecule has 0 rings (SSSR count). The molecule has 0 aliphatic rings. The molecule has 16 heavy (non-hydrogen) atoms. The van der Waals surface area contributed by atoms with Gasteiger partial charge in [-0.2, -0.15) is 0 Å². The summed E-state index contributed by atoms with van der Waals surface area (Å²) >= 11 is 0. The van der Waals surface area contributed by atoms with E-state index in [1.807, 2.05) is 13.8 Å². The summed E-state index contributed by atoms with van der Waals surface area (Å²) in [6.45, 7) is 7.12. The number of carboxylic acid groups (broad SMARTS) is 1. The third kappa shape index (κ3) is 3.48. The second kappa shape index (κ2) is 5.84. The molecule has 0 aromatic carbocycles. The Balaban J connectivity index is 4.70. The van der Waals surface area contributed by atoms with Gasteiger partial charge in [-0.25, -0.2) is 4.79 Å². The molecule has 0 bridgehead atoms. The fourth-order valence-corrected chi connectivity index (χ4v) is 1.37. The number of amides is 1. The molecule has 0 unspecified atom stereocenters. The van der Waals surface area contributed by atoms with Gasteiger partial charge in [0.05, 0.1) is 5.54 Å². The molecule has 0 spiro atoms. The van der Waals surface area contributed by atoms with Crippen LogP contribution in [0.15, 0.2) is 0 Å². The quantitative estimate of drug-likeness (QED) is 0.627. The van der Waals surface area contributed by atoms with Gasteiger partial charge in [-0.05, 0) is 18.8 Å². The van der Waals surface area contributed by atoms with E-state index in [9.17, 15) is 9.59 Å². The van der Waals surface area contributed by atoms with Crippen LogP contribution in [-0.4, -0.2) is 28.6 Å². The zero-order chi connectivity index (χ0) is 12.9. The lowest BCUT2D eigenvalue weighted by Crippen LogP contribution is -2.57. The lowest BCUT2D eigenvalue weighted by Gasteiger charge is -2.28. The van der Waals surface area contributed by atoms with E-state index in [0.717, 1.165) is 0 Å². The van der Waals surface area contributed by atoms with Crippen LogP contribution in [0.25, 0.3) is 0 Å². The summed E-state index contributed by atoms with van der Waals surface area (Å²) in [6, 6.07) is -0.881. The van der Waals surface area contributed by atoms with E-state index in [2.05, 4.69) is 5.32 Å². The van der Waals surface area contributed by atoms with E-state index in [1.165, 1.54) is 0 Å². The first-order chi connectivity index (χ1) is 7.28. The summed E-state index contributed by atoms with van der Waals surface area (Å²) in [5.41, 5.74) is 4.91. The number of carboxylic acids is 1. The maximum Gasteiger partial charge on any atom is 0.326 e. The van der Waals surface area contributed by atoms with E-state index < -0.39 is 23.5 Å². The van der Waals surface area contributed by atoms with Crippen LogP contribution in [-0.2, 0) is 9.59 Å². The van der Waals surface area contributed by atoms with Gasteiger partial charge in [0.25, 0.3) is 0 Å². The van der Waals surface area contributed by atoms with Gasteiger partial charge in [0.15, 0.2) is 0 Å². The van der Waals surface area contributed by atoms with E-state index in [4.69, 9.17) is 10.8 Å². The molecule has 1 amide bonds. The Morgan fingerprint density at radius 3 is 2.00 bits per heavy atom. The minimum atomic E-state index is -1.03. The first kappa shape index (κ1) is 14.9. The van der Waals surface area contributed by atoms with Crippen LogP contribution < -0.4 is 11.1 Å². The average molecular weight is 230 g/mol. The van der Waals surface area contributed by atoms with Crippen LogP contribution in [0.4, 0.5) is 0 Å². The molecule has 4 N–H and O–H groups in total. The normalized spacial score (nSPS) is 13.6. The summed E-state index contributed by atoms with van der Waals surface area (Å²) in [7, 11) is 0. The zero-order valence-electron chi connectivity index (χ0n) is 10.4. The summed E-state index contributed by atoms with van der Waals surface area (Å²) in [5.74, 6) is -1.59. The predicted molar refractivity (Wildman–Crippen MR) is 61.9 cm³/mol. The van der Waals surface area contributed by atoms with Gasteiger partial charge in [-0.3, -0.25) is 4.79 Å². The fraction of sp³-hybridized carbons (Fsp3) is 0.818. The largest absolute Gasteiger partial charge is 0.480 e. The molecular weight excluding hydrogens is 208 g/mol. The van der Waals surface area contributed by atoms with Gasteiger partial charge >= 0.3 is 5.97 Å². The van der Waals surface area contributed by atoms with Crippen molar-refractivity contribution in [3.8, 4) is 0 Å². The van der Waals surface area contributed by atoms with Crippen molar-refractivity contribution in [3.05, 3.63) is 0 Å². The highest BCUT2D eigenvalue weighted by Crippen LogP contribution is 2.13. The maximum atomic E-state index is 11.8. The molecule has 5 heteroatoms. The Hall–Kier alpha value is -1.10. The van der Waals surface area contributed by atoms with Gasteiger partial charge in [0, 0.05) is 0 Å². The second-order valence-corrected chi connectivity index (χ2v) is 4.40. The van der Waals surface area contributed by atoms with Crippen LogP contribution >= 0.6 is 0 Å². The van der Waals surface area contributed by atoms with E-state index in [1.54, 1.807) is 13.8 Å². The Bertz CT molecular complexity index is 260. The second-order valence-electron chi connectivity index (χ2n) is 4.40. The van der Waals surface area contributed by atoms with Crippen molar-refractivity contribution in [2.75, 3.05) is 0 Å². The number of nitrogens with two attached hydrogens (primary N) is 1. The molecule has 0 aromatic rings. The van der Waals surface area contributed by atoms with Gasteiger partial charge in [0.1, 0.15) is 6.04 Å². The number of hydrogen-bond donors (Lipinski definition) is 3. The van der Waals surface area contributed by atoms with E-state index >= 15 is 0 Å². The molecular formula is C11H22N2O3. The molecule has 0 fully saturated rings. The Morgan fingerprint density at radius 2 is 1.75 bits per heavy atom. The van der Waals surface area contributed by atoms with E-state index in [0.29, 0.717) is 12.8 Å². The smallest absolute Gasteiger partial charge is 0.326 e. The molecule has 0 saturated carbocycles. The molecule has 0 aromatic heterocycles. The topological polar surface area (TPSA) is 92.4 Å². The monoisotopic (exact) mass is 230 g/mol. The fourth-order valence-electron chi connectivity index (χ4n) is 1.37. The molecule has 94 valence electrons. The number of carbonyl (C=O) groups is 2. The Kier molecular flexibility index (Phi) is 5.44. The average Bonchev–Trinajstić information content (AvgIpc) is 2.23. The molecule has 5 nitrogen and oxygen atoms in total. The van der Waals surface area contributed by atoms with E-state index in [-0.39, 0.29) is 5.92 Å². The van der Waals surface area contributed by atoms with Crippen LogP contribution in [0.1, 0.15) is 40.5 Å². The number of rotatable bonds is 6. The van der Waals surface area contributed by atoms with Gasteiger partial charge in [0.2, 0.25) is 5.91 Å². The van der Waals surface area contributed by atoms with Crippen molar-refractivity contribution < 1.29 is 14.7 Å². The molecule has 1 atom stereocenters. The number of aliphatic carboxylic acids is 1. The summed E-state index contributed by atoms with van der Waals surface area (Å²) in [6.07, 6.45) is 0.972. The summed E-state index contributed by atoms with van der Waals surface area (Å²) in [4.78, 5) is 22.8. The maximum absolute atomic E-state index is 11.8. The Labute approximate surface area is 96.4 Å². The number of carbonyl (C=O) groups excluding carboxylic acids is 1. The van der Waals surface area contributed by atoms with Gasteiger partial charge in [-0.1, -0.05) is 27.7 Å². The van der Waals surface area contributed by atoms with Crippen molar-refractivity contribution in [2.45, 2.75) is 52.1 Å². The molecule has 0 saturated heterocycles. The minimum Gasteiger partial charge on any atom is -0.480 e. The third-order valence-corrected chi connectivity index (χ3v) is 2.93. The SMILES string of the molecule is CCC(N)(CC)C(=O)N[C@H](C(=O)O)C(C)C. The van der Waals surface area contributed by atoms with Gasteiger partial charge < -0.3 is 16.2 Å². The van der Waals surface area contributed by atoms with Crippen molar-refractivity contribution in [3.63, 3.8) is 0 Å². The highest BCUT2D eigenvalue weighted by atomic mass is 16.4.